The Labute approximate surface area is 152 Å². The molecule has 27 heavy (non-hydrogen) atoms. The molecule has 0 bridgehead atoms. The topological polar surface area (TPSA) is 166 Å². The van der Waals surface area contributed by atoms with Gasteiger partial charge in [-0.15, -0.1) is 0 Å². The van der Waals surface area contributed by atoms with Crippen LogP contribution < -0.4 is 5.32 Å². The largest absolute Gasteiger partial charge is 0.388 e. The van der Waals surface area contributed by atoms with Gasteiger partial charge in [0, 0.05) is 12.6 Å². The molecule has 12 nitrogen and oxygen atoms in total. The Morgan fingerprint density at radius 1 is 1.26 bits per heavy atom. The molecule has 2 saturated heterocycles. The molecule has 2 fully saturated rings. The van der Waals surface area contributed by atoms with Crippen LogP contribution >= 0.6 is 0 Å². The van der Waals surface area contributed by atoms with Crippen molar-refractivity contribution in [3.05, 3.63) is 38.4 Å². The highest BCUT2D eigenvalue weighted by Crippen LogP contribution is 2.38. The number of ether oxygens (including phenoxy) is 3. The van der Waals surface area contributed by atoms with Gasteiger partial charge in [-0.1, -0.05) is 0 Å². The Kier molecular flexibility index (Phi) is 5.01. The van der Waals surface area contributed by atoms with Gasteiger partial charge in [0.25, 0.3) is 11.4 Å². The second-order valence-corrected chi connectivity index (χ2v) is 6.72. The molecule has 2 unspecified atom stereocenters. The van der Waals surface area contributed by atoms with Crippen LogP contribution in [0.5, 0.6) is 0 Å². The molecular formula is C15H19N3O9. The lowest BCUT2D eigenvalue weighted by molar-refractivity contribution is -0.393. The van der Waals surface area contributed by atoms with E-state index in [4.69, 9.17) is 14.2 Å². The molecule has 2 heterocycles. The molecule has 1 aromatic carbocycles. The Morgan fingerprint density at radius 2 is 1.96 bits per heavy atom. The maximum absolute atomic E-state index is 11.1. The number of fused-ring (bicyclic) bond motifs is 1. The molecule has 0 radical (unpaired) electrons. The van der Waals surface area contributed by atoms with Gasteiger partial charge in [0.05, 0.1) is 15.9 Å². The number of aliphatic hydroxyl groups excluding tert-OH is 2. The third-order valence-corrected chi connectivity index (χ3v) is 4.32. The molecule has 3 rings (SSSR count). The van der Waals surface area contributed by atoms with Crippen molar-refractivity contribution in [1.82, 2.24) is 0 Å². The van der Waals surface area contributed by atoms with Crippen molar-refractivity contribution in [1.29, 1.82) is 0 Å². The molecule has 148 valence electrons. The quantitative estimate of drug-likeness (QED) is 0.464. The van der Waals surface area contributed by atoms with Gasteiger partial charge in [0.2, 0.25) is 0 Å². The fourth-order valence-corrected chi connectivity index (χ4v) is 3.10. The molecule has 2 aliphatic heterocycles. The van der Waals surface area contributed by atoms with E-state index in [0.29, 0.717) is 0 Å². The summed E-state index contributed by atoms with van der Waals surface area (Å²) in [6.45, 7) is 3.13. The molecule has 0 amide bonds. The fraction of sp³-hybridized carbons (Fsp3) is 0.600. The Bertz CT molecular complexity index is 756. The summed E-state index contributed by atoms with van der Waals surface area (Å²) in [6.07, 6.45) is -5.01. The number of nitrogens with zero attached hydrogens (tertiary/aromatic N) is 2. The molecule has 0 aliphatic carbocycles. The van der Waals surface area contributed by atoms with Gasteiger partial charge in [-0.25, -0.2) is 0 Å². The van der Waals surface area contributed by atoms with Crippen molar-refractivity contribution in [3.8, 4) is 0 Å². The smallest absolute Gasteiger partial charge is 0.299 e. The van der Waals surface area contributed by atoms with Crippen molar-refractivity contribution in [3.63, 3.8) is 0 Å². The van der Waals surface area contributed by atoms with Crippen LogP contribution in [0.25, 0.3) is 0 Å². The van der Waals surface area contributed by atoms with Gasteiger partial charge in [0.15, 0.2) is 12.1 Å². The first kappa shape index (κ1) is 19.4. The Balaban J connectivity index is 1.66. The minimum atomic E-state index is -1.24. The lowest BCUT2D eigenvalue weighted by atomic mass is 10.1. The first-order valence-corrected chi connectivity index (χ1v) is 8.13. The van der Waals surface area contributed by atoms with Gasteiger partial charge < -0.3 is 29.7 Å². The lowest BCUT2D eigenvalue weighted by Crippen LogP contribution is -2.43. The predicted octanol–water partition coefficient (Wildman–Crippen LogP) is 0.513. The number of hydrogen-bond donors (Lipinski definition) is 3. The molecule has 0 spiro atoms. The van der Waals surface area contributed by atoms with E-state index in [1.807, 2.05) is 0 Å². The third kappa shape index (κ3) is 3.84. The van der Waals surface area contributed by atoms with Crippen molar-refractivity contribution in [2.45, 2.75) is 50.3 Å². The maximum Gasteiger partial charge on any atom is 0.299 e. The zero-order valence-corrected chi connectivity index (χ0v) is 14.5. The number of hydrogen-bond acceptors (Lipinski definition) is 10. The van der Waals surface area contributed by atoms with Crippen molar-refractivity contribution >= 4 is 17.1 Å². The van der Waals surface area contributed by atoms with Crippen LogP contribution in [0.2, 0.25) is 0 Å². The molecule has 1 aromatic rings. The molecule has 12 heteroatoms. The summed E-state index contributed by atoms with van der Waals surface area (Å²) in [5, 5.41) is 45.1. The lowest BCUT2D eigenvalue weighted by Gasteiger charge is -2.26. The summed E-state index contributed by atoms with van der Waals surface area (Å²) in [5.74, 6) is -0.913. The number of anilines is 1. The summed E-state index contributed by atoms with van der Waals surface area (Å²) in [6, 6.07) is 3.11. The van der Waals surface area contributed by atoms with Crippen LogP contribution in [0.1, 0.15) is 13.8 Å². The average Bonchev–Trinajstić information content (AvgIpc) is 3.05. The van der Waals surface area contributed by atoms with Crippen molar-refractivity contribution in [2.24, 2.45) is 0 Å². The standard InChI is InChI=1S/C15H19N3O9/c1-15(2)26-13-11(20)12(25-14(13)27-15)10(19)6-16-8-4-3-7(17(21)22)5-9(8)18(23)24/h3-5,10-14,16,19-20H,6H2,1-2H3/t10-,11?,12?,13-,14-/m0/s1. The number of nitrogens with one attached hydrogen (secondary N) is 1. The summed E-state index contributed by atoms with van der Waals surface area (Å²) < 4.78 is 16.5. The zero-order chi connectivity index (χ0) is 19.9. The van der Waals surface area contributed by atoms with E-state index in [1.54, 1.807) is 13.8 Å². The maximum atomic E-state index is 11.1. The summed E-state index contributed by atoms with van der Waals surface area (Å²) in [7, 11) is 0. The van der Waals surface area contributed by atoms with Gasteiger partial charge in [-0.05, 0) is 19.9 Å². The minimum absolute atomic E-state index is 0.00837. The molecule has 0 saturated carbocycles. The highest BCUT2D eigenvalue weighted by molar-refractivity contribution is 5.65. The van der Waals surface area contributed by atoms with Gasteiger partial charge in [-0.3, -0.25) is 20.2 Å². The van der Waals surface area contributed by atoms with Crippen LogP contribution in [0.4, 0.5) is 17.1 Å². The number of rotatable bonds is 6. The molecule has 2 aliphatic rings. The second-order valence-electron chi connectivity index (χ2n) is 6.72. The average molecular weight is 385 g/mol. The van der Waals surface area contributed by atoms with E-state index in [-0.39, 0.29) is 12.2 Å². The minimum Gasteiger partial charge on any atom is -0.388 e. The number of aliphatic hydroxyl groups is 2. The summed E-state index contributed by atoms with van der Waals surface area (Å²) >= 11 is 0. The Morgan fingerprint density at radius 3 is 2.56 bits per heavy atom. The second kappa shape index (κ2) is 6.98. The van der Waals surface area contributed by atoms with Crippen LogP contribution in [0.3, 0.4) is 0 Å². The fourth-order valence-electron chi connectivity index (χ4n) is 3.10. The van der Waals surface area contributed by atoms with E-state index >= 15 is 0 Å². The summed E-state index contributed by atoms with van der Waals surface area (Å²) in [5.41, 5.74) is -0.937. The van der Waals surface area contributed by atoms with E-state index in [2.05, 4.69) is 5.32 Å². The molecule has 5 atom stereocenters. The van der Waals surface area contributed by atoms with E-state index in [0.717, 1.165) is 12.1 Å². The Hall–Kier alpha value is -2.38. The van der Waals surface area contributed by atoms with E-state index in [9.17, 15) is 30.4 Å². The zero-order valence-electron chi connectivity index (χ0n) is 14.5. The number of non-ortho nitro benzene ring substituents is 1. The first-order valence-electron chi connectivity index (χ1n) is 8.13. The van der Waals surface area contributed by atoms with E-state index < -0.39 is 57.7 Å². The summed E-state index contributed by atoms with van der Waals surface area (Å²) in [4.78, 5) is 20.4. The van der Waals surface area contributed by atoms with Crippen LogP contribution in [0, 0.1) is 20.2 Å². The third-order valence-electron chi connectivity index (χ3n) is 4.32. The normalized spacial score (nSPS) is 29.9. The molecular weight excluding hydrogens is 366 g/mol. The highest BCUT2D eigenvalue weighted by atomic mass is 16.8. The SMILES string of the molecule is CC1(C)O[C@@H]2OC([C@@H](O)CNc3ccc([N+](=O)[O-])cc3[N+](=O)[O-])C(O)[C@@H]2O1. The van der Waals surface area contributed by atoms with Gasteiger partial charge >= 0.3 is 0 Å². The van der Waals surface area contributed by atoms with E-state index in [1.165, 1.54) is 6.07 Å². The van der Waals surface area contributed by atoms with Crippen LogP contribution in [-0.4, -0.2) is 63.1 Å². The van der Waals surface area contributed by atoms with Crippen molar-refractivity contribution < 1.29 is 34.3 Å². The van der Waals surface area contributed by atoms with Crippen LogP contribution in [-0.2, 0) is 14.2 Å². The van der Waals surface area contributed by atoms with Gasteiger partial charge in [-0.2, -0.15) is 0 Å². The molecule has 0 aromatic heterocycles. The number of benzene rings is 1. The number of nitro groups is 2. The van der Waals surface area contributed by atoms with Crippen molar-refractivity contribution in [2.75, 3.05) is 11.9 Å². The van der Waals surface area contributed by atoms with Gasteiger partial charge in [0.1, 0.15) is 30.1 Å². The predicted molar refractivity (Wildman–Crippen MR) is 89.0 cm³/mol. The highest BCUT2D eigenvalue weighted by Gasteiger charge is 2.55. The molecule has 3 N–H and O–H groups in total. The first-order chi connectivity index (χ1) is 12.6. The number of nitro benzene ring substituents is 2. The monoisotopic (exact) mass is 385 g/mol. The van der Waals surface area contributed by atoms with Crippen LogP contribution in [0.15, 0.2) is 18.2 Å².